The van der Waals surface area contributed by atoms with E-state index < -0.39 is 0 Å². The molecule has 648 valence electrons. The number of thiazole rings is 2. The summed E-state index contributed by atoms with van der Waals surface area (Å²) < 4.78 is 16.6. The number of thiophene rings is 1. The first kappa shape index (κ1) is 86.5. The molecule has 22 rings (SSSR count). The molecule has 36 heteroatoms. The Hall–Kier alpha value is -14.3. The zero-order valence-corrected chi connectivity index (χ0v) is 76.4. The van der Waals surface area contributed by atoms with Crippen molar-refractivity contribution in [1.82, 2.24) is 104 Å². The molecule has 2 saturated carbocycles. The second kappa shape index (κ2) is 36.1. The van der Waals surface area contributed by atoms with Crippen molar-refractivity contribution in [3.05, 3.63) is 264 Å². The van der Waals surface area contributed by atoms with Crippen LogP contribution >= 0.6 is 80.4 Å². The Labute approximate surface area is 774 Å². The van der Waals surface area contributed by atoms with Gasteiger partial charge in [0.1, 0.15) is 79.9 Å². The van der Waals surface area contributed by atoms with E-state index in [1.165, 1.54) is 39.6 Å². The first-order valence-corrected chi connectivity index (χ1v) is 44.9. The number of allylic oxidation sites excluding steroid dienone is 1. The highest BCUT2D eigenvalue weighted by Crippen LogP contribution is 2.48. The van der Waals surface area contributed by atoms with Gasteiger partial charge in [-0.2, -0.15) is 10.2 Å². The Kier molecular flexibility index (Phi) is 24.0. The van der Waals surface area contributed by atoms with E-state index in [2.05, 4.69) is 110 Å². The highest BCUT2D eigenvalue weighted by Gasteiger charge is 2.33. The lowest BCUT2D eigenvalue weighted by Crippen LogP contribution is -2.19. The lowest BCUT2D eigenvalue weighted by molar-refractivity contribution is 0.602. The molecule has 0 spiro atoms. The van der Waals surface area contributed by atoms with Crippen LogP contribution in [0.5, 0.6) is 0 Å². The van der Waals surface area contributed by atoms with Crippen LogP contribution in [0.3, 0.4) is 0 Å². The zero-order chi connectivity index (χ0) is 90.6. The Morgan fingerprint density at radius 3 is 1.65 bits per heavy atom. The number of nitrogens with two attached hydrogens (primary N) is 5. The zero-order valence-electron chi connectivity index (χ0n) is 71.0. The Bertz CT molecular complexity index is 7900. The minimum absolute atomic E-state index is 0.218. The Balaban J connectivity index is 0.000000109. The van der Waals surface area contributed by atoms with Gasteiger partial charge in [0.2, 0.25) is 0 Å². The number of pyridine rings is 3. The molecule has 0 atom stereocenters. The van der Waals surface area contributed by atoms with E-state index in [0.29, 0.717) is 141 Å². The van der Waals surface area contributed by atoms with Gasteiger partial charge in [-0.1, -0.05) is 84.2 Å². The van der Waals surface area contributed by atoms with Gasteiger partial charge in [-0.3, -0.25) is 28.7 Å². The van der Waals surface area contributed by atoms with Crippen LogP contribution in [-0.4, -0.2) is 104 Å². The number of fused-ring (bicyclic) bond motifs is 5. The molecular formula is C94H78Cl4N26O3S3. The smallest absolute Gasteiger partial charge is 0.256 e. The van der Waals surface area contributed by atoms with Gasteiger partial charge in [0, 0.05) is 113 Å². The average Bonchev–Trinajstić information content (AvgIpc) is 1.33. The molecule has 10 N–H and O–H groups in total. The highest BCUT2D eigenvalue weighted by atomic mass is 35.5. The maximum atomic E-state index is 12.3. The second-order valence-corrected chi connectivity index (χ2v) is 36.0. The molecule has 0 aliphatic heterocycles. The molecule has 0 bridgehead atoms. The van der Waals surface area contributed by atoms with Crippen LogP contribution in [0.1, 0.15) is 95.3 Å². The van der Waals surface area contributed by atoms with Gasteiger partial charge in [-0.25, -0.2) is 69.8 Å². The van der Waals surface area contributed by atoms with Crippen LogP contribution in [0.4, 0.5) is 29.1 Å². The van der Waals surface area contributed by atoms with Crippen molar-refractivity contribution in [2.45, 2.75) is 85.5 Å². The second-order valence-electron chi connectivity index (χ2n) is 31.0. The lowest BCUT2D eigenvalue weighted by Gasteiger charge is -2.15. The molecule has 20 aromatic rings. The predicted octanol–water partition coefficient (Wildman–Crippen LogP) is 21.6. The quantitative estimate of drug-likeness (QED) is 0.0675. The van der Waals surface area contributed by atoms with Crippen molar-refractivity contribution in [2.75, 3.05) is 28.7 Å². The number of oxazole rings is 2. The SMILES string of the molecule is C=C(C)c1nc(-c2cc(Cl)c3ncoc3c2)c(-c2ccn(C)n2)nc1N.CCc1nc(-c2cc(Cl)c3ncoc3c2)c(-c2ccn(C)n2)nc1N.Cc1ccc(-c2nc(N)c(C3CC3)nc2-c2ccc3ncccc3c2)s1.Cc1nc(-c2cc(Cl)c3scnc3c2C)c(-n2ccccc2=O)nc1N.Cc1ncc(-c2nc(N)c(C3CC3)nc2-c2cc(Cl)c3ncccc3c2)s1. The molecule has 2 aliphatic rings. The fourth-order valence-electron chi connectivity index (χ4n) is 14.8. The molecule has 29 nitrogen and oxygen atoms in total. The standard InChI is InChI=1S/C21H18N4S.C20H16ClN5S.C18H15ClN6O.C18H14ClN5OS.C17H15ClN6O/c1-12-4-9-17(26-12)20-18(24-19(13-5-6-13)21(22)25-20)15-7-8-16-14(11-15)3-2-10-23-16;1-10-24-9-15(27-10)19-17(25-18(11-4-5-11)20(22)26-19)13-7-12-3-2-6-23-16(12)14(21)8-13;1-9(2)14-18(20)23-17(12-4-5-25(3)24-12)15(22-14)10-6-11(19)16-13(7-10)26-8-21-16;1-9-11(7-12(19)16-14(9)21-8-26-16)15-18(23-17(20)10(2)22-15)24-6-4-3-5-13(24)25;1-3-11-17(19)22-16(12-4-5-24(2)23-12)14(21-11)9-6-10(18)15-13(7-9)25-8-20-15/h2-4,7-11,13H,5-6H2,1H3,(H2,22,25);2-3,6-9,11H,4-5H2,1H3,(H2,22,26);4-8H,1H2,2-3H3,(H2,20,23);3-8H,1-2H3,(H2,20,23);4-8H,3H2,1-2H3,(H2,19,22). The number of hydrogen-bond donors (Lipinski definition) is 5. The van der Waals surface area contributed by atoms with Gasteiger partial charge < -0.3 is 37.5 Å². The van der Waals surface area contributed by atoms with E-state index in [1.54, 1.807) is 81.1 Å². The largest absolute Gasteiger partial charge is 0.443 e. The van der Waals surface area contributed by atoms with Crippen LogP contribution in [0, 0.1) is 27.7 Å². The molecule has 0 saturated heterocycles. The number of anilines is 5. The molecule has 15 heterocycles. The van der Waals surface area contributed by atoms with E-state index in [4.69, 9.17) is 114 Å². The van der Waals surface area contributed by atoms with Crippen LogP contribution in [0.15, 0.2) is 203 Å². The summed E-state index contributed by atoms with van der Waals surface area (Å²) in [6.07, 6.45) is 18.6. The summed E-state index contributed by atoms with van der Waals surface area (Å²) in [5.74, 6) is 3.29. The summed E-state index contributed by atoms with van der Waals surface area (Å²) in [6, 6.07) is 40.1. The number of aryl methyl sites for hydroxylation is 7. The molecule has 0 radical (unpaired) electrons. The van der Waals surface area contributed by atoms with Crippen molar-refractivity contribution >= 4 is 169 Å². The predicted molar refractivity (Wildman–Crippen MR) is 520 cm³/mol. The van der Waals surface area contributed by atoms with E-state index in [-0.39, 0.29) is 11.4 Å². The third-order valence-electron chi connectivity index (χ3n) is 21.6. The number of benzene rings is 5. The van der Waals surface area contributed by atoms with E-state index >= 15 is 0 Å². The van der Waals surface area contributed by atoms with Gasteiger partial charge in [-0.15, -0.1) is 34.0 Å². The number of hydrogen-bond acceptors (Lipinski definition) is 29. The van der Waals surface area contributed by atoms with Crippen LogP contribution < -0.4 is 34.2 Å². The molecule has 5 aromatic carbocycles. The first-order chi connectivity index (χ1) is 62.8. The summed E-state index contributed by atoms with van der Waals surface area (Å²) in [4.78, 5) is 88.5. The Morgan fingerprint density at radius 2 is 1.07 bits per heavy atom. The maximum Gasteiger partial charge on any atom is 0.256 e. The van der Waals surface area contributed by atoms with Crippen LogP contribution in [-0.2, 0) is 20.5 Å². The monoisotopic (exact) mass is 1850 g/mol. The van der Waals surface area contributed by atoms with Crippen LogP contribution in [0.25, 0.3) is 166 Å². The normalized spacial score (nSPS) is 12.4. The summed E-state index contributed by atoms with van der Waals surface area (Å²) in [5, 5.41) is 14.0. The number of nitrogen functional groups attached to an aromatic ring is 5. The van der Waals surface area contributed by atoms with Gasteiger partial charge >= 0.3 is 0 Å². The van der Waals surface area contributed by atoms with Crippen molar-refractivity contribution < 1.29 is 8.83 Å². The van der Waals surface area contributed by atoms with Gasteiger partial charge in [0.15, 0.2) is 35.6 Å². The van der Waals surface area contributed by atoms with Gasteiger partial charge in [-0.05, 0) is 175 Å². The molecule has 15 aromatic heterocycles. The third kappa shape index (κ3) is 17.7. The topological polar surface area (TPSA) is 420 Å². The Morgan fingerprint density at radius 1 is 0.492 bits per heavy atom. The molecule has 2 aliphatic carbocycles. The summed E-state index contributed by atoms with van der Waals surface area (Å²) >= 11 is 30.5. The van der Waals surface area contributed by atoms with Gasteiger partial charge in [0.25, 0.3) is 5.56 Å². The van der Waals surface area contributed by atoms with E-state index in [1.807, 2.05) is 127 Å². The third-order valence-corrected chi connectivity index (χ3v) is 25.6. The van der Waals surface area contributed by atoms with Crippen molar-refractivity contribution in [2.24, 2.45) is 14.1 Å². The minimum atomic E-state index is -0.218. The summed E-state index contributed by atoms with van der Waals surface area (Å²) in [7, 11) is 3.68. The van der Waals surface area contributed by atoms with E-state index in [9.17, 15) is 4.79 Å². The molecule has 0 amide bonds. The van der Waals surface area contributed by atoms with Crippen molar-refractivity contribution in [3.63, 3.8) is 0 Å². The molecular weight excluding hydrogens is 1780 g/mol. The van der Waals surface area contributed by atoms with Crippen molar-refractivity contribution in [3.8, 4) is 106 Å². The highest BCUT2D eigenvalue weighted by molar-refractivity contribution is 7.17. The number of halogens is 4. The van der Waals surface area contributed by atoms with Crippen molar-refractivity contribution in [1.29, 1.82) is 0 Å². The maximum absolute atomic E-state index is 12.3. The molecule has 2 fully saturated rings. The number of nitrogens with zero attached hydrogens (tertiary/aromatic N) is 21. The number of aromatic nitrogens is 21. The fourth-order valence-corrected chi connectivity index (χ4v) is 18.3. The lowest BCUT2D eigenvalue weighted by atomic mass is 10.0. The number of rotatable bonds is 14. The average molecular weight is 1860 g/mol. The first-order valence-electron chi connectivity index (χ1n) is 40.9. The summed E-state index contributed by atoms with van der Waals surface area (Å²) in [5.41, 5.74) is 54.3. The van der Waals surface area contributed by atoms with Gasteiger partial charge in [0.05, 0.1) is 107 Å². The summed E-state index contributed by atoms with van der Waals surface area (Å²) in [6.45, 7) is 15.6. The van der Waals surface area contributed by atoms with Crippen LogP contribution in [0.2, 0.25) is 20.1 Å². The molecule has 130 heavy (non-hydrogen) atoms. The molecule has 0 unspecified atom stereocenters. The van der Waals surface area contributed by atoms with E-state index in [0.717, 1.165) is 151 Å². The fraction of sp³-hybridized carbons (Fsp3) is 0.160. The minimum Gasteiger partial charge on any atom is -0.443 e.